The number of hydrogen-bond acceptors (Lipinski definition) is 6. The number of nitrogens with zero attached hydrogens (tertiary/aromatic N) is 3. The average Bonchev–Trinajstić information content (AvgIpc) is 3.38. The number of aliphatic hydroxyl groups is 2. The topological polar surface area (TPSA) is 113 Å². The molecule has 0 bridgehead atoms. The molecule has 2 aromatic rings. The molecule has 31 heavy (non-hydrogen) atoms. The number of halogens is 1. The summed E-state index contributed by atoms with van der Waals surface area (Å²) in [5, 5.41) is 23.1. The van der Waals surface area contributed by atoms with Gasteiger partial charge in [-0.3, -0.25) is 14.4 Å². The maximum absolute atomic E-state index is 13.2. The molecule has 8 nitrogen and oxygen atoms in total. The van der Waals surface area contributed by atoms with Gasteiger partial charge in [0.05, 0.1) is 34.9 Å². The van der Waals surface area contributed by atoms with E-state index >= 15 is 0 Å². The first-order chi connectivity index (χ1) is 14.7. The summed E-state index contributed by atoms with van der Waals surface area (Å²) in [5.41, 5.74) is 0.418. The Hall–Kier alpha value is -1.94. The van der Waals surface area contributed by atoms with Gasteiger partial charge < -0.3 is 10.2 Å². The highest BCUT2D eigenvalue weighted by molar-refractivity contribution is 7.90. The zero-order valence-electron chi connectivity index (χ0n) is 17.4. The molecule has 1 aliphatic carbocycles. The minimum Gasteiger partial charge on any atom is -0.394 e. The van der Waals surface area contributed by atoms with Gasteiger partial charge in [0.25, 0.3) is 0 Å². The Morgan fingerprint density at radius 1 is 1.32 bits per heavy atom. The first-order valence-electron chi connectivity index (χ1n) is 10.3. The zero-order chi connectivity index (χ0) is 22.6. The van der Waals surface area contributed by atoms with E-state index in [9.17, 15) is 18.3 Å². The van der Waals surface area contributed by atoms with Crippen LogP contribution in [-0.2, 0) is 21.2 Å². The Kier molecular flexibility index (Phi) is 7.74. The van der Waals surface area contributed by atoms with Gasteiger partial charge in [0.2, 0.25) is 5.91 Å². The second-order valence-electron chi connectivity index (χ2n) is 8.04. The number of aromatic nitrogens is 2. The molecule has 0 radical (unpaired) electrons. The number of sulfone groups is 1. The van der Waals surface area contributed by atoms with Crippen molar-refractivity contribution in [2.75, 3.05) is 17.8 Å². The molecule has 1 heterocycles. The fourth-order valence-electron chi connectivity index (χ4n) is 3.92. The molecular weight excluding hydrogens is 442 g/mol. The van der Waals surface area contributed by atoms with Crippen LogP contribution in [0.25, 0.3) is 0 Å². The summed E-state index contributed by atoms with van der Waals surface area (Å²) in [5.74, 6) is 0.715. The molecule has 1 amide bonds. The Bertz CT molecular complexity index is 1020. The minimum absolute atomic E-state index is 0.00660. The number of carbonyl (C=O) groups is 1. The van der Waals surface area contributed by atoms with Gasteiger partial charge in [-0.2, -0.15) is 5.10 Å². The summed E-state index contributed by atoms with van der Waals surface area (Å²) in [6, 6.07) is 6.01. The third-order valence-corrected chi connectivity index (χ3v) is 7.11. The second-order valence-corrected chi connectivity index (χ2v) is 10.4. The predicted molar refractivity (Wildman–Crippen MR) is 118 cm³/mol. The first kappa shape index (κ1) is 23.7. The van der Waals surface area contributed by atoms with Crippen molar-refractivity contribution in [1.82, 2.24) is 9.78 Å². The van der Waals surface area contributed by atoms with E-state index in [0.717, 1.165) is 25.5 Å². The van der Waals surface area contributed by atoms with Crippen molar-refractivity contribution in [2.45, 2.75) is 56.1 Å². The molecular formula is C21H28ClN3O5S. The number of hydrogen-bond donors (Lipinski definition) is 2. The summed E-state index contributed by atoms with van der Waals surface area (Å²) in [6.45, 7) is -0.323. The third kappa shape index (κ3) is 6.06. The molecule has 10 heteroatoms. The van der Waals surface area contributed by atoms with Crippen LogP contribution < -0.4 is 4.90 Å². The summed E-state index contributed by atoms with van der Waals surface area (Å²) >= 11 is 6.22. The van der Waals surface area contributed by atoms with Crippen LogP contribution in [0.4, 0.5) is 11.5 Å². The lowest BCUT2D eigenvalue weighted by Crippen LogP contribution is -2.27. The number of carbonyl (C=O) groups excluding carboxylic acids is 1. The lowest BCUT2D eigenvalue weighted by Gasteiger charge is -2.22. The second kappa shape index (κ2) is 10.1. The van der Waals surface area contributed by atoms with E-state index in [2.05, 4.69) is 5.10 Å². The molecule has 2 N–H and O–H groups in total. The summed E-state index contributed by atoms with van der Waals surface area (Å²) in [7, 11) is -3.50. The molecule has 3 rings (SSSR count). The fraction of sp³-hybridized carbons (Fsp3) is 0.524. The maximum Gasteiger partial charge on any atom is 0.232 e. The van der Waals surface area contributed by atoms with Gasteiger partial charge in [0, 0.05) is 24.9 Å². The zero-order valence-corrected chi connectivity index (χ0v) is 19.0. The Labute approximate surface area is 187 Å². The fourth-order valence-corrected chi connectivity index (χ4v) is 5.24. The molecule has 1 atom stereocenters. The molecule has 1 saturated carbocycles. The van der Waals surface area contributed by atoms with Crippen molar-refractivity contribution in [1.29, 1.82) is 0 Å². The quantitative estimate of drug-likeness (QED) is 0.583. The largest absolute Gasteiger partial charge is 0.394 e. The van der Waals surface area contributed by atoms with E-state index in [0.29, 0.717) is 23.8 Å². The predicted octanol–water partition coefficient (Wildman–Crippen LogP) is 2.93. The van der Waals surface area contributed by atoms with Gasteiger partial charge in [-0.1, -0.05) is 37.3 Å². The molecule has 0 saturated heterocycles. The highest BCUT2D eigenvalue weighted by atomic mass is 35.5. The van der Waals surface area contributed by atoms with E-state index in [-0.39, 0.29) is 22.4 Å². The van der Waals surface area contributed by atoms with Crippen LogP contribution in [0.1, 0.15) is 38.5 Å². The van der Waals surface area contributed by atoms with Crippen molar-refractivity contribution >= 4 is 38.9 Å². The van der Waals surface area contributed by atoms with Crippen LogP contribution in [-0.4, -0.2) is 53.3 Å². The van der Waals surface area contributed by atoms with E-state index < -0.39 is 22.5 Å². The van der Waals surface area contributed by atoms with Crippen LogP contribution in [0.3, 0.4) is 0 Å². The lowest BCUT2D eigenvalue weighted by molar-refractivity contribution is -0.118. The van der Waals surface area contributed by atoms with Gasteiger partial charge in [-0.25, -0.2) is 8.42 Å². The number of aliphatic hydroxyl groups excluding tert-OH is 2. The van der Waals surface area contributed by atoms with Gasteiger partial charge >= 0.3 is 0 Å². The van der Waals surface area contributed by atoms with Crippen molar-refractivity contribution in [3.63, 3.8) is 0 Å². The SMILES string of the molecule is CS(=O)(=O)c1ccc(N(C(=O)CCC2CCCC2)c2ccn(C[C@H](O)CO)n2)cc1Cl. The molecule has 170 valence electrons. The molecule has 0 spiro atoms. The van der Waals surface area contributed by atoms with E-state index in [4.69, 9.17) is 16.7 Å². The number of benzene rings is 1. The Morgan fingerprint density at radius 3 is 2.65 bits per heavy atom. The summed E-state index contributed by atoms with van der Waals surface area (Å²) in [4.78, 5) is 14.6. The number of amides is 1. The van der Waals surface area contributed by atoms with Gasteiger partial charge in [-0.05, 0) is 30.5 Å². The maximum atomic E-state index is 13.2. The van der Waals surface area contributed by atoms with Crippen LogP contribution in [0.5, 0.6) is 0 Å². The molecule has 1 aromatic carbocycles. The van der Waals surface area contributed by atoms with Crippen LogP contribution in [0.15, 0.2) is 35.4 Å². The van der Waals surface area contributed by atoms with E-state index in [1.54, 1.807) is 12.3 Å². The third-order valence-electron chi connectivity index (χ3n) is 5.53. The van der Waals surface area contributed by atoms with E-state index in [1.165, 1.54) is 40.6 Å². The number of anilines is 2. The molecule has 0 aliphatic heterocycles. The average molecular weight is 470 g/mol. The van der Waals surface area contributed by atoms with Crippen molar-refractivity contribution in [3.05, 3.63) is 35.5 Å². The van der Waals surface area contributed by atoms with E-state index in [1.807, 2.05) is 0 Å². The minimum atomic E-state index is -3.50. The Morgan fingerprint density at radius 2 is 2.03 bits per heavy atom. The molecule has 1 aromatic heterocycles. The highest BCUT2D eigenvalue weighted by Gasteiger charge is 2.25. The van der Waals surface area contributed by atoms with Crippen LogP contribution in [0, 0.1) is 5.92 Å². The van der Waals surface area contributed by atoms with Crippen molar-refractivity contribution in [3.8, 4) is 0 Å². The smallest absolute Gasteiger partial charge is 0.232 e. The summed E-state index contributed by atoms with van der Waals surface area (Å²) < 4.78 is 25.2. The summed E-state index contributed by atoms with van der Waals surface area (Å²) in [6.07, 6.45) is 7.50. The lowest BCUT2D eigenvalue weighted by atomic mass is 10.0. The monoisotopic (exact) mass is 469 g/mol. The molecule has 0 unspecified atom stereocenters. The van der Waals surface area contributed by atoms with Crippen LogP contribution in [0.2, 0.25) is 5.02 Å². The Balaban J connectivity index is 1.90. The number of rotatable bonds is 9. The van der Waals surface area contributed by atoms with Gasteiger partial charge in [0.1, 0.15) is 0 Å². The molecule has 1 fully saturated rings. The normalized spacial score (nSPS) is 15.9. The molecule has 1 aliphatic rings. The highest BCUT2D eigenvalue weighted by Crippen LogP contribution is 2.33. The van der Waals surface area contributed by atoms with Gasteiger partial charge in [0.15, 0.2) is 15.7 Å². The van der Waals surface area contributed by atoms with Gasteiger partial charge in [-0.15, -0.1) is 0 Å². The van der Waals surface area contributed by atoms with Crippen molar-refractivity contribution < 1.29 is 23.4 Å². The first-order valence-corrected chi connectivity index (χ1v) is 12.6. The standard InChI is InChI=1S/C21H28ClN3O5S/c1-31(29,30)19-8-7-16(12-18(19)22)25(21(28)9-6-15-4-2-3-5-15)20-10-11-24(23-20)13-17(27)14-26/h7-8,10-12,15,17,26-27H,2-6,9,13-14H2,1H3/t17-/m0/s1. The van der Waals surface area contributed by atoms with Crippen molar-refractivity contribution in [2.24, 2.45) is 5.92 Å². The van der Waals surface area contributed by atoms with Crippen LogP contribution >= 0.6 is 11.6 Å².